The van der Waals surface area contributed by atoms with Gasteiger partial charge in [0, 0.05) is 0 Å². The number of hydrogen-bond acceptors (Lipinski definition) is 4. The van der Waals surface area contributed by atoms with Crippen LogP contribution in [0.25, 0.3) is 0 Å². The Balaban J connectivity index is 1.75. The average molecular weight is 344 g/mol. The summed E-state index contributed by atoms with van der Waals surface area (Å²) in [5.41, 5.74) is 4.74. The van der Waals surface area contributed by atoms with Crippen LogP contribution in [0.3, 0.4) is 0 Å². The molecular weight excluding hydrogens is 324 g/mol. The van der Waals surface area contributed by atoms with Crippen LogP contribution in [0.1, 0.15) is 51.7 Å². The molecule has 0 fully saturated rings. The summed E-state index contributed by atoms with van der Waals surface area (Å²) in [5.74, 6) is -1.18. The van der Waals surface area contributed by atoms with Crippen LogP contribution >= 0.6 is 11.3 Å². The molecule has 2 atom stereocenters. The lowest BCUT2D eigenvalue weighted by atomic mass is 9.79. The van der Waals surface area contributed by atoms with Gasteiger partial charge in [-0.3, -0.25) is 4.79 Å². The van der Waals surface area contributed by atoms with Crippen molar-refractivity contribution in [3.05, 3.63) is 51.5 Å². The Morgan fingerprint density at radius 1 is 1.42 bits per heavy atom. The SMILES string of the molecule is Cc1ncsc1C(=O)N[C@H](C[C@H]1CCCc2ccccc21)C(=O)O. The fourth-order valence-electron chi connectivity index (χ4n) is 3.35. The number of nitrogens with zero attached hydrogens (tertiary/aromatic N) is 1. The molecule has 0 saturated heterocycles. The standard InChI is InChI=1S/C18H20N2O3S/c1-11-16(24-10-19-11)17(21)20-15(18(22)23)9-13-7-4-6-12-5-2-3-8-14(12)13/h2-3,5,8,10,13,15H,4,6-7,9H2,1H3,(H,20,21)(H,22,23)/t13-,15-/m1/s1. The number of nitrogens with one attached hydrogen (secondary N) is 1. The predicted molar refractivity (Wildman–Crippen MR) is 92.5 cm³/mol. The lowest BCUT2D eigenvalue weighted by Crippen LogP contribution is -2.42. The lowest BCUT2D eigenvalue weighted by Gasteiger charge is -2.28. The summed E-state index contributed by atoms with van der Waals surface area (Å²) in [6.07, 6.45) is 3.46. The van der Waals surface area contributed by atoms with E-state index in [1.54, 1.807) is 12.4 Å². The molecule has 1 aliphatic rings. The van der Waals surface area contributed by atoms with E-state index in [1.165, 1.54) is 22.5 Å². The number of thiazole rings is 1. The highest BCUT2D eigenvalue weighted by Gasteiger charge is 2.29. The van der Waals surface area contributed by atoms with Gasteiger partial charge in [0.2, 0.25) is 0 Å². The Hall–Kier alpha value is -2.21. The maximum Gasteiger partial charge on any atom is 0.326 e. The third-order valence-electron chi connectivity index (χ3n) is 4.57. The van der Waals surface area contributed by atoms with Crippen LogP contribution in [0.2, 0.25) is 0 Å². The predicted octanol–water partition coefficient (Wildman–Crippen LogP) is 3.14. The number of benzene rings is 1. The Morgan fingerprint density at radius 2 is 2.21 bits per heavy atom. The van der Waals surface area contributed by atoms with E-state index in [4.69, 9.17) is 0 Å². The van der Waals surface area contributed by atoms with Gasteiger partial charge in [0.25, 0.3) is 5.91 Å². The first-order chi connectivity index (χ1) is 11.6. The van der Waals surface area contributed by atoms with Crippen molar-refractivity contribution in [2.75, 3.05) is 0 Å². The second-order valence-corrected chi connectivity index (χ2v) is 7.01. The molecule has 6 heteroatoms. The minimum atomic E-state index is -0.992. The fraction of sp³-hybridized carbons (Fsp3) is 0.389. The highest BCUT2D eigenvalue weighted by molar-refractivity contribution is 7.11. The summed E-state index contributed by atoms with van der Waals surface area (Å²) >= 11 is 1.23. The molecule has 0 unspecified atom stereocenters. The molecule has 1 amide bonds. The van der Waals surface area contributed by atoms with Gasteiger partial charge in [-0.15, -0.1) is 11.3 Å². The molecule has 24 heavy (non-hydrogen) atoms. The smallest absolute Gasteiger partial charge is 0.326 e. The third-order valence-corrected chi connectivity index (χ3v) is 5.50. The summed E-state index contributed by atoms with van der Waals surface area (Å²) in [6.45, 7) is 1.75. The minimum absolute atomic E-state index is 0.166. The van der Waals surface area contributed by atoms with E-state index < -0.39 is 12.0 Å². The van der Waals surface area contributed by atoms with Crippen LogP contribution in [-0.4, -0.2) is 28.0 Å². The van der Waals surface area contributed by atoms with Gasteiger partial charge in [-0.2, -0.15) is 0 Å². The number of carboxylic acids is 1. The van der Waals surface area contributed by atoms with E-state index in [1.807, 2.05) is 12.1 Å². The quantitative estimate of drug-likeness (QED) is 0.873. The number of aromatic nitrogens is 1. The molecule has 5 nitrogen and oxygen atoms in total. The molecule has 126 valence electrons. The number of rotatable bonds is 5. The van der Waals surface area contributed by atoms with Gasteiger partial charge in [-0.25, -0.2) is 9.78 Å². The van der Waals surface area contributed by atoms with E-state index in [9.17, 15) is 14.7 Å². The molecule has 2 aromatic rings. The van der Waals surface area contributed by atoms with Crippen LogP contribution in [0.15, 0.2) is 29.8 Å². The Morgan fingerprint density at radius 3 is 2.92 bits per heavy atom. The van der Waals surface area contributed by atoms with Gasteiger partial charge >= 0.3 is 5.97 Å². The van der Waals surface area contributed by atoms with Crippen molar-refractivity contribution in [3.8, 4) is 0 Å². The van der Waals surface area contributed by atoms with Crippen molar-refractivity contribution in [3.63, 3.8) is 0 Å². The monoisotopic (exact) mass is 344 g/mol. The van der Waals surface area contributed by atoms with Gasteiger partial charge in [0.15, 0.2) is 0 Å². The number of carboxylic acid groups (broad SMARTS) is 1. The highest BCUT2D eigenvalue weighted by atomic mass is 32.1. The Labute approximate surface area is 144 Å². The first-order valence-corrected chi connectivity index (χ1v) is 8.95. The van der Waals surface area contributed by atoms with Crippen molar-refractivity contribution in [1.29, 1.82) is 0 Å². The van der Waals surface area contributed by atoms with Gasteiger partial charge in [0.1, 0.15) is 10.9 Å². The lowest BCUT2D eigenvalue weighted by molar-refractivity contribution is -0.139. The average Bonchev–Trinajstić information content (AvgIpc) is 3.00. The van der Waals surface area contributed by atoms with Gasteiger partial charge in [-0.05, 0) is 49.7 Å². The highest BCUT2D eigenvalue weighted by Crippen LogP contribution is 2.34. The van der Waals surface area contributed by atoms with E-state index in [-0.39, 0.29) is 11.8 Å². The first-order valence-electron chi connectivity index (χ1n) is 8.08. The van der Waals surface area contributed by atoms with E-state index in [2.05, 4.69) is 22.4 Å². The summed E-state index contributed by atoms with van der Waals surface area (Å²) in [6, 6.07) is 7.30. The maximum absolute atomic E-state index is 12.3. The van der Waals surface area contributed by atoms with E-state index in [0.717, 1.165) is 19.3 Å². The Bertz CT molecular complexity index is 756. The first kappa shape index (κ1) is 16.6. The van der Waals surface area contributed by atoms with Gasteiger partial charge < -0.3 is 10.4 Å². The van der Waals surface area contributed by atoms with Crippen molar-refractivity contribution in [2.24, 2.45) is 0 Å². The molecular formula is C18H20N2O3S. The molecule has 1 aliphatic carbocycles. The van der Waals surface area contributed by atoms with E-state index in [0.29, 0.717) is 17.0 Å². The van der Waals surface area contributed by atoms with Crippen LogP contribution in [-0.2, 0) is 11.2 Å². The number of carbonyl (C=O) groups excluding carboxylic acids is 1. The number of carbonyl (C=O) groups is 2. The van der Waals surface area contributed by atoms with Gasteiger partial charge in [0.05, 0.1) is 11.2 Å². The number of aryl methyl sites for hydroxylation is 2. The zero-order valence-corrected chi connectivity index (χ0v) is 14.3. The zero-order valence-electron chi connectivity index (χ0n) is 13.5. The molecule has 0 radical (unpaired) electrons. The fourth-order valence-corrected chi connectivity index (χ4v) is 4.05. The van der Waals surface area contributed by atoms with E-state index >= 15 is 0 Å². The van der Waals surface area contributed by atoms with Crippen LogP contribution in [0.4, 0.5) is 0 Å². The normalized spacial score (nSPS) is 17.8. The molecule has 3 rings (SSSR count). The van der Waals surface area contributed by atoms with Crippen LogP contribution < -0.4 is 5.32 Å². The molecule has 2 N–H and O–H groups in total. The summed E-state index contributed by atoms with van der Waals surface area (Å²) < 4.78 is 0. The molecule has 0 aliphatic heterocycles. The topological polar surface area (TPSA) is 79.3 Å². The zero-order chi connectivity index (χ0) is 17.1. The van der Waals surface area contributed by atoms with Crippen LogP contribution in [0.5, 0.6) is 0 Å². The maximum atomic E-state index is 12.3. The summed E-state index contributed by atoms with van der Waals surface area (Å²) in [4.78, 5) is 28.5. The molecule has 1 aromatic carbocycles. The number of hydrogen-bond donors (Lipinski definition) is 2. The molecule has 0 bridgehead atoms. The largest absolute Gasteiger partial charge is 0.480 e. The number of aliphatic carboxylic acids is 1. The molecule has 1 heterocycles. The molecule has 0 saturated carbocycles. The second kappa shape index (κ2) is 7.13. The minimum Gasteiger partial charge on any atom is -0.480 e. The van der Waals surface area contributed by atoms with Gasteiger partial charge in [-0.1, -0.05) is 24.3 Å². The molecule has 0 spiro atoms. The van der Waals surface area contributed by atoms with Crippen LogP contribution in [0, 0.1) is 6.92 Å². The van der Waals surface area contributed by atoms with Crippen molar-refractivity contribution >= 4 is 23.2 Å². The van der Waals surface area contributed by atoms with Crippen molar-refractivity contribution in [1.82, 2.24) is 10.3 Å². The Kier molecular flexibility index (Phi) is 4.94. The summed E-state index contributed by atoms with van der Waals surface area (Å²) in [5, 5.41) is 12.2. The van der Waals surface area contributed by atoms with Crippen molar-refractivity contribution < 1.29 is 14.7 Å². The third kappa shape index (κ3) is 3.48. The summed E-state index contributed by atoms with van der Waals surface area (Å²) in [7, 11) is 0. The number of amides is 1. The van der Waals surface area contributed by atoms with Crippen molar-refractivity contribution in [2.45, 2.75) is 44.6 Å². The number of fused-ring (bicyclic) bond motifs is 1. The second-order valence-electron chi connectivity index (χ2n) is 6.15. The molecule has 1 aromatic heterocycles.